The number of pyridine rings is 1. The summed E-state index contributed by atoms with van der Waals surface area (Å²) in [5.74, 6) is 5.93. The zero-order valence-electron chi connectivity index (χ0n) is 15.8. The van der Waals surface area contributed by atoms with Gasteiger partial charge in [0, 0.05) is 17.3 Å². The van der Waals surface area contributed by atoms with Crippen molar-refractivity contribution in [1.29, 1.82) is 0 Å². The molecule has 0 radical (unpaired) electrons. The summed E-state index contributed by atoms with van der Waals surface area (Å²) in [6, 6.07) is 18.9. The molecule has 0 bridgehead atoms. The van der Waals surface area contributed by atoms with Gasteiger partial charge in [0.1, 0.15) is 12.4 Å². The van der Waals surface area contributed by atoms with Crippen molar-refractivity contribution in [2.75, 3.05) is 13.7 Å². The molecule has 1 aromatic heterocycles. The number of nitrogens with one attached hydrogen (secondary N) is 1. The molecule has 0 saturated heterocycles. The number of aromatic nitrogens is 1. The van der Waals surface area contributed by atoms with Gasteiger partial charge >= 0.3 is 0 Å². The summed E-state index contributed by atoms with van der Waals surface area (Å²) in [7, 11) is 1.78. The van der Waals surface area contributed by atoms with E-state index in [4.69, 9.17) is 16.3 Å². The Labute approximate surface area is 174 Å². The highest BCUT2D eigenvalue weighted by Gasteiger charge is 2.11. The fourth-order valence-electron chi connectivity index (χ4n) is 2.29. The van der Waals surface area contributed by atoms with Gasteiger partial charge in [0.2, 0.25) is 0 Å². The Kier molecular flexibility index (Phi) is 9.37. The summed E-state index contributed by atoms with van der Waals surface area (Å²) < 4.78 is 16.7. The first-order chi connectivity index (χ1) is 14.1. The molecular weight excluding hydrogens is 391 g/mol. The van der Waals surface area contributed by atoms with Crippen LogP contribution in [-0.4, -0.2) is 25.1 Å². The van der Waals surface area contributed by atoms with Gasteiger partial charge in [0.15, 0.2) is 0 Å². The molecule has 0 unspecified atom stereocenters. The molecule has 3 rings (SSSR count). The quantitative estimate of drug-likeness (QED) is 0.500. The summed E-state index contributed by atoms with van der Waals surface area (Å²) in [5, 5.41) is 3.67. The molecule has 4 nitrogen and oxygen atoms in total. The molecule has 29 heavy (non-hydrogen) atoms. The van der Waals surface area contributed by atoms with Crippen molar-refractivity contribution >= 4 is 18.1 Å². The van der Waals surface area contributed by atoms with Gasteiger partial charge in [-0.05, 0) is 43.4 Å². The summed E-state index contributed by atoms with van der Waals surface area (Å²) in [5.41, 5.74) is 2.35. The van der Waals surface area contributed by atoms with Gasteiger partial charge in [-0.2, -0.15) is 0 Å². The molecule has 1 N–H and O–H groups in total. The first-order valence-electron chi connectivity index (χ1n) is 8.79. The van der Waals surface area contributed by atoms with Gasteiger partial charge in [0.05, 0.1) is 16.8 Å². The molecule has 1 heterocycles. The number of benzene rings is 2. The predicted molar refractivity (Wildman–Crippen MR) is 112 cm³/mol. The van der Waals surface area contributed by atoms with Crippen LogP contribution in [0.2, 0.25) is 5.02 Å². The summed E-state index contributed by atoms with van der Waals surface area (Å²) >= 11 is 6.08. The maximum atomic E-state index is 11.9. The third kappa shape index (κ3) is 7.74. The van der Waals surface area contributed by atoms with Crippen LogP contribution >= 0.6 is 11.6 Å². The van der Waals surface area contributed by atoms with E-state index in [1.165, 1.54) is 12.1 Å². The van der Waals surface area contributed by atoms with Gasteiger partial charge in [-0.1, -0.05) is 53.8 Å². The number of hydrogen-bond acceptors (Lipinski definition) is 4. The van der Waals surface area contributed by atoms with Gasteiger partial charge in [-0.3, -0.25) is 9.78 Å². The maximum absolute atomic E-state index is 11.9. The third-order valence-electron chi connectivity index (χ3n) is 3.77. The normalized spacial score (nSPS) is 10.6. The Morgan fingerprint density at radius 1 is 1.14 bits per heavy atom. The fourth-order valence-corrected chi connectivity index (χ4v) is 2.47. The number of likely N-dealkylation sites (N-methyl/N-ethyl adjacent to an activating group) is 1. The van der Waals surface area contributed by atoms with E-state index in [1.807, 2.05) is 30.3 Å². The molecule has 0 aliphatic carbocycles. The minimum Gasteiger partial charge on any atom is -0.466 e. The fraction of sp³-hybridized carbons (Fsp3) is 0.130. The number of halogens is 2. The molecule has 0 aliphatic heterocycles. The van der Waals surface area contributed by atoms with E-state index in [1.54, 1.807) is 37.5 Å². The van der Waals surface area contributed by atoms with Gasteiger partial charge in [0.25, 0.3) is 6.47 Å². The second-order valence-electron chi connectivity index (χ2n) is 5.77. The Balaban J connectivity index is 0.000000360. The highest BCUT2D eigenvalue weighted by atomic mass is 35.5. The second-order valence-corrected chi connectivity index (χ2v) is 6.17. The van der Waals surface area contributed by atoms with Crippen LogP contribution in [0.25, 0.3) is 0 Å². The molecule has 0 fully saturated rings. The number of nitrogens with zero attached hydrogens (tertiary/aromatic N) is 1. The van der Waals surface area contributed by atoms with Crippen molar-refractivity contribution < 1.29 is 13.9 Å². The summed E-state index contributed by atoms with van der Waals surface area (Å²) in [4.78, 5) is 14.6. The van der Waals surface area contributed by atoms with Crippen LogP contribution in [0.5, 0.6) is 0 Å². The van der Waals surface area contributed by atoms with Crippen molar-refractivity contribution in [3.05, 3.63) is 101 Å². The minimum atomic E-state index is -0.178. The number of rotatable bonds is 5. The SMILES string of the molecule is CN[C@@H](COC=O)c1cc(C#Cc2ccccc2Cl)ccn1.Fc1ccccc1. The minimum absolute atomic E-state index is 0.174. The van der Waals surface area contributed by atoms with Crippen LogP contribution < -0.4 is 5.32 Å². The monoisotopic (exact) mass is 410 g/mol. The van der Waals surface area contributed by atoms with Crippen LogP contribution in [0.15, 0.2) is 72.9 Å². The van der Waals surface area contributed by atoms with Crippen LogP contribution in [0, 0.1) is 17.7 Å². The molecule has 0 spiro atoms. The average Bonchev–Trinajstić information content (AvgIpc) is 2.75. The van der Waals surface area contributed by atoms with Crippen molar-refractivity contribution in [2.24, 2.45) is 0 Å². The number of carbonyl (C=O) groups is 1. The number of ether oxygens (including phenoxy) is 1. The smallest absolute Gasteiger partial charge is 0.293 e. The lowest BCUT2D eigenvalue weighted by atomic mass is 10.1. The van der Waals surface area contributed by atoms with E-state index in [2.05, 4.69) is 22.1 Å². The van der Waals surface area contributed by atoms with E-state index in [0.29, 0.717) is 11.5 Å². The Bertz CT molecular complexity index is 971. The summed E-state index contributed by atoms with van der Waals surface area (Å²) in [6.07, 6.45) is 1.68. The van der Waals surface area contributed by atoms with Gasteiger partial charge in [-0.15, -0.1) is 0 Å². The molecule has 148 valence electrons. The van der Waals surface area contributed by atoms with Gasteiger partial charge < -0.3 is 10.1 Å². The predicted octanol–water partition coefficient (Wildman–Crippen LogP) is 4.39. The molecule has 0 aliphatic rings. The number of hydrogen-bond donors (Lipinski definition) is 1. The van der Waals surface area contributed by atoms with Gasteiger partial charge in [-0.25, -0.2) is 4.39 Å². The summed E-state index contributed by atoms with van der Waals surface area (Å²) in [6.45, 7) is 0.639. The lowest BCUT2D eigenvalue weighted by Gasteiger charge is -2.14. The lowest BCUT2D eigenvalue weighted by Crippen LogP contribution is -2.22. The van der Waals surface area contributed by atoms with E-state index < -0.39 is 0 Å². The highest BCUT2D eigenvalue weighted by molar-refractivity contribution is 6.31. The Hall–Kier alpha value is -3.20. The first kappa shape index (κ1) is 22.1. The van der Waals surface area contributed by atoms with Crippen molar-refractivity contribution in [1.82, 2.24) is 10.3 Å². The molecule has 0 saturated carbocycles. The van der Waals surface area contributed by atoms with E-state index >= 15 is 0 Å². The van der Waals surface area contributed by atoms with Crippen LogP contribution in [0.4, 0.5) is 4.39 Å². The third-order valence-corrected chi connectivity index (χ3v) is 4.10. The molecule has 1 atom stereocenters. The van der Waals surface area contributed by atoms with Crippen molar-refractivity contribution in [3.8, 4) is 11.8 Å². The zero-order chi connectivity index (χ0) is 20.9. The molecule has 6 heteroatoms. The molecule has 0 amide bonds. The lowest BCUT2D eigenvalue weighted by molar-refractivity contribution is -0.129. The maximum Gasteiger partial charge on any atom is 0.293 e. The standard InChI is InChI=1S/C17H15ClN2O2.C6H5F/c1-19-17(11-22-12-21)16-10-13(8-9-20-16)6-7-14-4-2-3-5-15(14)18;7-6-4-2-1-3-5-6/h2-5,8-10,12,17,19H,11H2,1H3;1-5H/t17-;/m0./s1. The topological polar surface area (TPSA) is 51.2 Å². The van der Waals surface area contributed by atoms with E-state index in [0.717, 1.165) is 16.8 Å². The van der Waals surface area contributed by atoms with Crippen molar-refractivity contribution in [3.63, 3.8) is 0 Å². The highest BCUT2D eigenvalue weighted by Crippen LogP contribution is 2.14. The second kappa shape index (κ2) is 12.3. The zero-order valence-corrected chi connectivity index (χ0v) is 16.6. The largest absolute Gasteiger partial charge is 0.466 e. The van der Waals surface area contributed by atoms with E-state index in [9.17, 15) is 9.18 Å². The van der Waals surface area contributed by atoms with Crippen LogP contribution in [0.3, 0.4) is 0 Å². The average molecular weight is 411 g/mol. The Morgan fingerprint density at radius 3 is 2.48 bits per heavy atom. The van der Waals surface area contributed by atoms with E-state index in [-0.39, 0.29) is 18.5 Å². The van der Waals surface area contributed by atoms with Crippen LogP contribution in [0.1, 0.15) is 22.9 Å². The van der Waals surface area contributed by atoms with Crippen molar-refractivity contribution in [2.45, 2.75) is 6.04 Å². The molecular formula is C23H20ClFN2O2. The Morgan fingerprint density at radius 2 is 1.86 bits per heavy atom. The first-order valence-corrected chi connectivity index (χ1v) is 9.17. The molecule has 2 aromatic carbocycles. The van der Waals surface area contributed by atoms with Crippen LogP contribution in [-0.2, 0) is 9.53 Å². The number of carbonyl (C=O) groups excluding carboxylic acids is 1. The molecule has 3 aromatic rings.